The second kappa shape index (κ2) is 4.92. The van der Waals surface area contributed by atoms with Crippen molar-refractivity contribution in [1.29, 1.82) is 0 Å². The van der Waals surface area contributed by atoms with Crippen molar-refractivity contribution < 1.29 is 9.90 Å². The molecule has 0 bridgehead atoms. The molecule has 1 aromatic carbocycles. The number of carboxylic acid groups (broad SMARTS) is 1. The van der Waals surface area contributed by atoms with Crippen LogP contribution in [0.5, 0.6) is 0 Å². The quantitative estimate of drug-likeness (QED) is 0.732. The van der Waals surface area contributed by atoms with Crippen molar-refractivity contribution in [3.8, 4) is 11.4 Å². The van der Waals surface area contributed by atoms with Crippen LogP contribution >= 0.6 is 12.2 Å². The van der Waals surface area contributed by atoms with Gasteiger partial charge in [-0.25, -0.2) is 9.78 Å². The van der Waals surface area contributed by atoms with E-state index in [4.69, 9.17) is 12.2 Å². The number of rotatable bonds is 3. The Balaban J connectivity index is 2.62. The van der Waals surface area contributed by atoms with Gasteiger partial charge in [0, 0.05) is 5.56 Å². The highest BCUT2D eigenvalue weighted by atomic mass is 32.1. The SMILES string of the molecule is CC(=S)Nc1c(C(=O)O)cccc1-c1ncn[nH]1. The van der Waals surface area contributed by atoms with E-state index in [0.29, 0.717) is 22.1 Å². The summed E-state index contributed by atoms with van der Waals surface area (Å²) in [6.45, 7) is 1.68. The van der Waals surface area contributed by atoms with Crippen LogP contribution in [0, 0.1) is 0 Å². The third-order valence-corrected chi connectivity index (χ3v) is 2.37. The number of para-hydroxylation sites is 1. The molecule has 0 aliphatic rings. The van der Waals surface area contributed by atoms with Crippen LogP contribution in [0.3, 0.4) is 0 Å². The zero-order chi connectivity index (χ0) is 13.1. The molecule has 0 aliphatic carbocycles. The van der Waals surface area contributed by atoms with E-state index in [9.17, 15) is 9.90 Å². The number of hydrogen-bond acceptors (Lipinski definition) is 4. The first-order valence-electron chi connectivity index (χ1n) is 5.09. The van der Waals surface area contributed by atoms with Crippen LogP contribution in [0.25, 0.3) is 11.4 Å². The Morgan fingerprint density at radius 3 is 2.83 bits per heavy atom. The minimum Gasteiger partial charge on any atom is -0.478 e. The lowest BCUT2D eigenvalue weighted by Gasteiger charge is -2.12. The number of nitrogens with one attached hydrogen (secondary N) is 2. The van der Waals surface area contributed by atoms with Gasteiger partial charge in [0.15, 0.2) is 5.82 Å². The lowest BCUT2D eigenvalue weighted by molar-refractivity contribution is 0.0698. The predicted molar refractivity (Wildman–Crippen MR) is 70.7 cm³/mol. The molecule has 92 valence electrons. The maximum Gasteiger partial charge on any atom is 0.337 e. The number of aromatic amines is 1. The topological polar surface area (TPSA) is 90.9 Å². The minimum atomic E-state index is -1.03. The molecule has 6 nitrogen and oxygen atoms in total. The summed E-state index contributed by atoms with van der Waals surface area (Å²) in [5, 5.41) is 18.5. The predicted octanol–water partition coefficient (Wildman–Crippen LogP) is 1.93. The van der Waals surface area contributed by atoms with E-state index in [0.717, 1.165) is 0 Å². The second-order valence-corrected chi connectivity index (χ2v) is 4.16. The van der Waals surface area contributed by atoms with Crippen LogP contribution in [0.1, 0.15) is 17.3 Å². The summed E-state index contributed by atoms with van der Waals surface area (Å²) in [6.07, 6.45) is 1.36. The van der Waals surface area contributed by atoms with Crippen LogP contribution in [0.2, 0.25) is 0 Å². The summed E-state index contributed by atoms with van der Waals surface area (Å²) >= 11 is 4.96. The van der Waals surface area contributed by atoms with Crippen LogP contribution in [0.4, 0.5) is 5.69 Å². The van der Waals surface area contributed by atoms with Gasteiger partial charge in [-0.2, -0.15) is 5.10 Å². The van der Waals surface area contributed by atoms with E-state index in [1.807, 2.05) is 0 Å². The van der Waals surface area contributed by atoms with Crippen molar-refractivity contribution in [2.75, 3.05) is 5.32 Å². The maximum atomic E-state index is 11.2. The van der Waals surface area contributed by atoms with Crippen LogP contribution in [0.15, 0.2) is 24.5 Å². The first-order chi connectivity index (χ1) is 8.59. The summed E-state index contributed by atoms with van der Waals surface area (Å²) in [5.74, 6) is -0.549. The number of hydrogen-bond donors (Lipinski definition) is 3. The van der Waals surface area contributed by atoms with Gasteiger partial charge in [-0.15, -0.1) is 0 Å². The number of benzene rings is 1. The number of nitrogens with zero attached hydrogens (tertiary/aromatic N) is 2. The normalized spacial score (nSPS) is 10.1. The molecule has 0 radical (unpaired) electrons. The Morgan fingerprint density at radius 2 is 2.28 bits per heavy atom. The monoisotopic (exact) mass is 262 g/mol. The van der Waals surface area contributed by atoms with Gasteiger partial charge in [0.05, 0.1) is 16.2 Å². The molecule has 0 aliphatic heterocycles. The molecule has 2 aromatic rings. The highest BCUT2D eigenvalue weighted by Gasteiger charge is 2.16. The standard InChI is InChI=1S/C11H10N4O2S/c1-6(18)14-9-7(10-12-5-13-15-10)3-2-4-8(9)11(16)17/h2-5H,1H3,(H,14,18)(H,16,17)(H,12,13,15). The van der Waals surface area contributed by atoms with Crippen LogP contribution in [-0.4, -0.2) is 31.2 Å². The average molecular weight is 262 g/mol. The summed E-state index contributed by atoms with van der Waals surface area (Å²) < 4.78 is 0. The van der Waals surface area contributed by atoms with Gasteiger partial charge >= 0.3 is 5.97 Å². The van der Waals surface area contributed by atoms with Gasteiger partial charge in [-0.3, -0.25) is 5.10 Å². The molecule has 2 rings (SSSR count). The number of aromatic nitrogens is 3. The fourth-order valence-corrected chi connectivity index (χ4v) is 1.68. The fraction of sp³-hybridized carbons (Fsp3) is 0.0909. The molecule has 1 aromatic heterocycles. The number of thiocarbonyl (C=S) groups is 1. The third-order valence-electron chi connectivity index (χ3n) is 2.27. The first kappa shape index (κ1) is 12.2. The molecule has 0 saturated heterocycles. The fourth-order valence-electron chi connectivity index (χ4n) is 1.57. The highest BCUT2D eigenvalue weighted by Crippen LogP contribution is 2.28. The Morgan fingerprint density at radius 1 is 1.50 bits per heavy atom. The molecule has 0 atom stereocenters. The molecular formula is C11H10N4O2S. The molecule has 0 fully saturated rings. The zero-order valence-electron chi connectivity index (χ0n) is 9.47. The van der Waals surface area contributed by atoms with E-state index in [1.54, 1.807) is 19.1 Å². The zero-order valence-corrected chi connectivity index (χ0v) is 10.3. The molecule has 0 unspecified atom stereocenters. The molecule has 0 spiro atoms. The number of aromatic carboxylic acids is 1. The number of H-pyrrole nitrogens is 1. The minimum absolute atomic E-state index is 0.133. The first-order valence-corrected chi connectivity index (χ1v) is 5.50. The molecule has 0 saturated carbocycles. The van der Waals surface area contributed by atoms with Crippen molar-refractivity contribution in [1.82, 2.24) is 15.2 Å². The van der Waals surface area contributed by atoms with Gasteiger partial charge in [0.2, 0.25) is 0 Å². The smallest absolute Gasteiger partial charge is 0.337 e. The highest BCUT2D eigenvalue weighted by molar-refractivity contribution is 7.80. The summed E-state index contributed by atoms with van der Waals surface area (Å²) in [6, 6.07) is 4.89. The third kappa shape index (κ3) is 2.35. The van der Waals surface area contributed by atoms with Gasteiger partial charge in [-0.05, 0) is 19.1 Å². The van der Waals surface area contributed by atoms with E-state index in [1.165, 1.54) is 12.4 Å². The molecule has 7 heteroatoms. The lowest BCUT2D eigenvalue weighted by atomic mass is 10.1. The van der Waals surface area contributed by atoms with Crippen molar-refractivity contribution >= 4 is 28.9 Å². The molecule has 18 heavy (non-hydrogen) atoms. The maximum absolute atomic E-state index is 11.2. The summed E-state index contributed by atoms with van der Waals surface area (Å²) in [5.41, 5.74) is 1.15. The summed E-state index contributed by atoms with van der Waals surface area (Å²) in [4.78, 5) is 15.7. The molecule has 3 N–H and O–H groups in total. The van der Waals surface area contributed by atoms with Crippen LogP contribution in [-0.2, 0) is 0 Å². The molecule has 0 amide bonds. The Kier molecular flexibility index (Phi) is 3.33. The largest absolute Gasteiger partial charge is 0.478 e. The van der Waals surface area contributed by atoms with E-state index >= 15 is 0 Å². The van der Waals surface area contributed by atoms with Crippen molar-refractivity contribution in [3.05, 3.63) is 30.1 Å². The number of carbonyl (C=O) groups is 1. The van der Waals surface area contributed by atoms with E-state index in [2.05, 4.69) is 20.5 Å². The van der Waals surface area contributed by atoms with Gasteiger partial charge in [-0.1, -0.05) is 18.3 Å². The molecular weight excluding hydrogens is 252 g/mol. The molecule has 1 heterocycles. The van der Waals surface area contributed by atoms with E-state index in [-0.39, 0.29) is 5.56 Å². The number of anilines is 1. The van der Waals surface area contributed by atoms with Gasteiger partial charge in [0.25, 0.3) is 0 Å². The van der Waals surface area contributed by atoms with E-state index < -0.39 is 5.97 Å². The van der Waals surface area contributed by atoms with Crippen molar-refractivity contribution in [3.63, 3.8) is 0 Å². The summed E-state index contributed by atoms with van der Waals surface area (Å²) in [7, 11) is 0. The average Bonchev–Trinajstić information content (AvgIpc) is 2.81. The lowest BCUT2D eigenvalue weighted by Crippen LogP contribution is -2.11. The Hall–Kier alpha value is -2.28. The Bertz CT molecular complexity index is 595. The number of carboxylic acids is 1. The van der Waals surface area contributed by atoms with Crippen molar-refractivity contribution in [2.24, 2.45) is 0 Å². The van der Waals surface area contributed by atoms with Crippen LogP contribution < -0.4 is 5.32 Å². The van der Waals surface area contributed by atoms with Gasteiger partial charge in [0.1, 0.15) is 6.33 Å². The Labute approximate surface area is 108 Å². The van der Waals surface area contributed by atoms with Gasteiger partial charge < -0.3 is 10.4 Å². The second-order valence-electron chi connectivity index (χ2n) is 3.55. The van der Waals surface area contributed by atoms with Crippen molar-refractivity contribution in [2.45, 2.75) is 6.92 Å².